The Hall–Kier alpha value is -0.780. The topological polar surface area (TPSA) is 35.5 Å². The molecule has 1 aliphatic rings. The minimum atomic E-state index is -4.69. The molecule has 0 aromatic heterocycles. The third kappa shape index (κ3) is 2.87. The largest absolute Gasteiger partial charge is 0.523 e. The number of hydrogen-bond acceptors (Lipinski definition) is 3. The lowest BCUT2D eigenvalue weighted by Crippen LogP contribution is -2.46. The van der Waals surface area contributed by atoms with Crippen molar-refractivity contribution in [3.8, 4) is 0 Å². The Morgan fingerprint density at radius 1 is 1.43 bits per heavy atom. The molecule has 0 atom stereocenters. The number of carbonyl (C=O) groups excluding carboxylic acids is 1. The molecule has 0 aliphatic heterocycles. The Morgan fingerprint density at radius 3 is 2.29 bits per heavy atom. The Balaban J connectivity index is 2.54. The molecule has 1 saturated carbocycles. The van der Waals surface area contributed by atoms with E-state index in [1.807, 2.05) is 0 Å². The van der Waals surface area contributed by atoms with Gasteiger partial charge in [-0.05, 0) is 19.3 Å². The van der Waals surface area contributed by atoms with E-state index in [1.54, 1.807) is 0 Å². The molecule has 6 heteroatoms. The highest BCUT2D eigenvalue weighted by Gasteiger charge is 2.48. The molecule has 0 heterocycles. The summed E-state index contributed by atoms with van der Waals surface area (Å²) in [6.45, 7) is 0. The molecule has 1 fully saturated rings. The summed E-state index contributed by atoms with van der Waals surface area (Å²) in [4.78, 5) is 10.8. The van der Waals surface area contributed by atoms with Gasteiger partial charge in [0.15, 0.2) is 0 Å². The molecule has 0 amide bonds. The molecule has 1 aliphatic carbocycles. The molecule has 0 aromatic rings. The van der Waals surface area contributed by atoms with Crippen LogP contribution in [-0.4, -0.2) is 25.0 Å². The van der Waals surface area contributed by atoms with E-state index >= 15 is 0 Å². The lowest BCUT2D eigenvalue weighted by molar-refractivity contribution is -0.378. The van der Waals surface area contributed by atoms with Gasteiger partial charge in [-0.2, -0.15) is 0 Å². The van der Waals surface area contributed by atoms with Crippen molar-refractivity contribution in [2.24, 2.45) is 0 Å². The third-order valence-electron chi connectivity index (χ3n) is 2.29. The monoisotopic (exact) mass is 212 g/mol. The van der Waals surface area contributed by atoms with Crippen LogP contribution in [0.3, 0.4) is 0 Å². The van der Waals surface area contributed by atoms with Gasteiger partial charge in [-0.3, -0.25) is 9.53 Å². The van der Waals surface area contributed by atoms with Crippen LogP contribution in [-0.2, 0) is 14.3 Å². The molecular formula is C8H11F3O3. The van der Waals surface area contributed by atoms with Crippen LogP contribution in [0, 0.1) is 0 Å². The summed E-state index contributed by atoms with van der Waals surface area (Å²) in [6, 6.07) is 0. The van der Waals surface area contributed by atoms with Crippen molar-refractivity contribution >= 4 is 5.97 Å². The van der Waals surface area contributed by atoms with Crippen molar-refractivity contribution in [2.75, 3.05) is 7.11 Å². The molecule has 0 aromatic carbocycles. The summed E-state index contributed by atoms with van der Waals surface area (Å²) >= 11 is 0. The van der Waals surface area contributed by atoms with Crippen LogP contribution >= 0.6 is 0 Å². The maximum absolute atomic E-state index is 12.0. The second kappa shape index (κ2) is 3.76. The van der Waals surface area contributed by atoms with E-state index in [0.717, 1.165) is 7.11 Å². The molecular weight excluding hydrogens is 201 g/mol. The normalized spacial score (nSPS) is 20.0. The number of methoxy groups -OCH3 is 1. The number of ether oxygens (including phenoxy) is 2. The van der Waals surface area contributed by atoms with Gasteiger partial charge >= 0.3 is 12.3 Å². The second-order valence-electron chi connectivity index (χ2n) is 3.34. The standard InChI is InChI=1S/C8H11F3O3/c1-13-6(12)5-7(3-2-4-7)14-8(9,10)11/h2-5H2,1H3. The highest BCUT2D eigenvalue weighted by Crippen LogP contribution is 2.42. The Labute approximate surface area is 79.2 Å². The van der Waals surface area contributed by atoms with Gasteiger partial charge in [0.1, 0.15) is 0 Å². The fourth-order valence-corrected chi connectivity index (χ4v) is 1.47. The van der Waals surface area contributed by atoms with Crippen molar-refractivity contribution in [1.29, 1.82) is 0 Å². The first-order chi connectivity index (χ1) is 6.37. The molecule has 0 unspecified atom stereocenters. The molecule has 1 rings (SSSR count). The molecule has 0 N–H and O–H groups in total. The highest BCUT2D eigenvalue weighted by molar-refractivity contribution is 5.70. The van der Waals surface area contributed by atoms with Crippen LogP contribution in [0.15, 0.2) is 0 Å². The molecule has 82 valence electrons. The van der Waals surface area contributed by atoms with Crippen LogP contribution in [0.25, 0.3) is 0 Å². The predicted molar refractivity (Wildman–Crippen MR) is 40.4 cm³/mol. The molecule has 0 spiro atoms. The average Bonchev–Trinajstić information content (AvgIpc) is 1.97. The second-order valence-corrected chi connectivity index (χ2v) is 3.34. The number of carbonyl (C=O) groups is 1. The first kappa shape index (κ1) is 11.3. The number of rotatable bonds is 3. The Kier molecular flexibility index (Phi) is 3.04. The summed E-state index contributed by atoms with van der Waals surface area (Å²) in [5.74, 6) is -0.672. The molecule has 0 radical (unpaired) electrons. The zero-order valence-electron chi connectivity index (χ0n) is 7.69. The first-order valence-electron chi connectivity index (χ1n) is 4.21. The predicted octanol–water partition coefficient (Wildman–Crippen LogP) is 2.01. The van der Waals surface area contributed by atoms with Gasteiger partial charge in [-0.15, -0.1) is 13.2 Å². The summed E-state index contributed by atoms with van der Waals surface area (Å²) in [7, 11) is 1.14. The van der Waals surface area contributed by atoms with E-state index in [0.29, 0.717) is 6.42 Å². The van der Waals surface area contributed by atoms with Crippen LogP contribution < -0.4 is 0 Å². The van der Waals surface area contributed by atoms with Gasteiger partial charge in [0, 0.05) is 0 Å². The highest BCUT2D eigenvalue weighted by atomic mass is 19.4. The van der Waals surface area contributed by atoms with Crippen LogP contribution in [0.5, 0.6) is 0 Å². The van der Waals surface area contributed by atoms with Crippen molar-refractivity contribution in [2.45, 2.75) is 37.6 Å². The van der Waals surface area contributed by atoms with Gasteiger partial charge in [0.25, 0.3) is 0 Å². The van der Waals surface area contributed by atoms with Crippen molar-refractivity contribution in [3.63, 3.8) is 0 Å². The number of hydrogen-bond donors (Lipinski definition) is 0. The number of alkyl halides is 3. The summed E-state index contributed by atoms with van der Waals surface area (Å²) < 4.78 is 44.1. The first-order valence-corrected chi connectivity index (χ1v) is 4.21. The minimum Gasteiger partial charge on any atom is -0.469 e. The maximum atomic E-state index is 12.0. The van der Waals surface area contributed by atoms with Gasteiger partial charge in [0.05, 0.1) is 19.1 Å². The lowest BCUT2D eigenvalue weighted by Gasteiger charge is -2.40. The van der Waals surface area contributed by atoms with Gasteiger partial charge in [-0.25, -0.2) is 0 Å². The third-order valence-corrected chi connectivity index (χ3v) is 2.29. The van der Waals surface area contributed by atoms with Crippen LogP contribution in [0.1, 0.15) is 25.7 Å². The van der Waals surface area contributed by atoms with Crippen LogP contribution in [0.4, 0.5) is 13.2 Å². The molecule has 0 bridgehead atoms. The van der Waals surface area contributed by atoms with E-state index in [2.05, 4.69) is 9.47 Å². The summed E-state index contributed by atoms with van der Waals surface area (Å²) in [6.07, 6.45) is -3.87. The SMILES string of the molecule is COC(=O)CC1(OC(F)(F)F)CCC1. The zero-order valence-corrected chi connectivity index (χ0v) is 7.69. The van der Waals surface area contributed by atoms with E-state index in [4.69, 9.17) is 0 Å². The fourth-order valence-electron chi connectivity index (χ4n) is 1.47. The molecule has 0 saturated heterocycles. The maximum Gasteiger partial charge on any atom is 0.523 e. The Bertz CT molecular complexity index is 220. The lowest BCUT2D eigenvalue weighted by atomic mass is 9.77. The van der Waals surface area contributed by atoms with Gasteiger partial charge < -0.3 is 4.74 Å². The zero-order chi connectivity index (χ0) is 10.8. The average molecular weight is 212 g/mol. The fraction of sp³-hybridized carbons (Fsp3) is 0.875. The van der Waals surface area contributed by atoms with E-state index in [9.17, 15) is 18.0 Å². The van der Waals surface area contributed by atoms with Gasteiger partial charge in [-0.1, -0.05) is 0 Å². The van der Waals surface area contributed by atoms with Gasteiger partial charge in [0.2, 0.25) is 0 Å². The van der Waals surface area contributed by atoms with Crippen LogP contribution in [0.2, 0.25) is 0 Å². The number of halogens is 3. The summed E-state index contributed by atoms with van der Waals surface area (Å²) in [5, 5.41) is 0. The van der Waals surface area contributed by atoms with E-state index in [1.165, 1.54) is 0 Å². The Morgan fingerprint density at radius 2 is 2.00 bits per heavy atom. The van der Waals surface area contributed by atoms with Crippen molar-refractivity contribution in [1.82, 2.24) is 0 Å². The van der Waals surface area contributed by atoms with E-state index in [-0.39, 0.29) is 19.3 Å². The summed E-state index contributed by atoms with van der Waals surface area (Å²) in [5.41, 5.74) is -1.37. The minimum absolute atomic E-state index is 0.252. The van der Waals surface area contributed by atoms with Crippen molar-refractivity contribution < 1.29 is 27.4 Å². The molecule has 3 nitrogen and oxygen atoms in total. The molecule has 14 heavy (non-hydrogen) atoms. The number of esters is 1. The van der Waals surface area contributed by atoms with E-state index < -0.39 is 17.9 Å². The van der Waals surface area contributed by atoms with Crippen molar-refractivity contribution in [3.05, 3.63) is 0 Å². The smallest absolute Gasteiger partial charge is 0.469 e. The quantitative estimate of drug-likeness (QED) is 0.671.